The summed E-state index contributed by atoms with van der Waals surface area (Å²) in [7, 11) is 0. The Kier molecular flexibility index (Phi) is 3.86. The van der Waals surface area contributed by atoms with Crippen LogP contribution in [0.2, 0.25) is 5.02 Å². The molecule has 2 fully saturated rings. The van der Waals surface area contributed by atoms with Crippen LogP contribution in [-0.4, -0.2) is 12.5 Å². The van der Waals surface area contributed by atoms with E-state index in [0.717, 1.165) is 22.9 Å². The Morgan fingerprint density at radius 3 is 2.53 bits per heavy atom. The molecular formula is C15H17BrClNO. The number of rotatable bonds is 5. The first-order chi connectivity index (χ1) is 9.16. The van der Waals surface area contributed by atoms with E-state index >= 15 is 0 Å². The minimum Gasteiger partial charge on any atom is -0.352 e. The SMILES string of the molecule is O=C(NCC(C1CC1)C1CC1)c1cccc(Br)c1Cl. The highest BCUT2D eigenvalue weighted by molar-refractivity contribution is 9.10. The second kappa shape index (κ2) is 5.45. The largest absolute Gasteiger partial charge is 0.352 e. The Morgan fingerprint density at radius 2 is 1.95 bits per heavy atom. The summed E-state index contributed by atoms with van der Waals surface area (Å²) in [6, 6.07) is 5.45. The number of hydrogen-bond donors (Lipinski definition) is 1. The number of nitrogens with one attached hydrogen (secondary N) is 1. The number of hydrogen-bond acceptors (Lipinski definition) is 1. The molecule has 2 saturated carbocycles. The summed E-state index contributed by atoms with van der Waals surface area (Å²) >= 11 is 9.49. The molecule has 19 heavy (non-hydrogen) atoms. The van der Waals surface area contributed by atoms with Gasteiger partial charge in [0.1, 0.15) is 0 Å². The van der Waals surface area contributed by atoms with Gasteiger partial charge in [-0.25, -0.2) is 0 Å². The molecule has 0 atom stereocenters. The van der Waals surface area contributed by atoms with Gasteiger partial charge in [-0.3, -0.25) is 4.79 Å². The molecule has 2 aliphatic rings. The van der Waals surface area contributed by atoms with Gasteiger partial charge in [0.25, 0.3) is 5.91 Å². The van der Waals surface area contributed by atoms with E-state index in [0.29, 0.717) is 16.5 Å². The van der Waals surface area contributed by atoms with Crippen molar-refractivity contribution in [3.8, 4) is 0 Å². The number of halogens is 2. The first-order valence-electron chi connectivity index (χ1n) is 6.89. The van der Waals surface area contributed by atoms with E-state index < -0.39 is 0 Å². The van der Waals surface area contributed by atoms with Crippen LogP contribution >= 0.6 is 27.5 Å². The molecule has 1 aromatic carbocycles. The van der Waals surface area contributed by atoms with E-state index in [2.05, 4.69) is 21.2 Å². The van der Waals surface area contributed by atoms with Crippen molar-refractivity contribution in [2.24, 2.45) is 17.8 Å². The van der Waals surface area contributed by atoms with Gasteiger partial charge in [0.05, 0.1) is 10.6 Å². The van der Waals surface area contributed by atoms with E-state index in [-0.39, 0.29) is 5.91 Å². The number of carbonyl (C=O) groups is 1. The van der Waals surface area contributed by atoms with Crippen LogP contribution in [0.3, 0.4) is 0 Å². The molecule has 102 valence electrons. The second-order valence-electron chi connectivity index (χ2n) is 5.65. The van der Waals surface area contributed by atoms with Crippen molar-refractivity contribution in [2.75, 3.05) is 6.54 Å². The summed E-state index contributed by atoms with van der Waals surface area (Å²) in [4.78, 5) is 12.2. The molecule has 3 rings (SSSR count). The predicted octanol–water partition coefficient (Wildman–Crippen LogP) is 4.27. The molecular weight excluding hydrogens is 326 g/mol. The molecule has 0 aliphatic heterocycles. The summed E-state index contributed by atoms with van der Waals surface area (Å²) < 4.78 is 0.766. The molecule has 2 nitrogen and oxygen atoms in total. The quantitative estimate of drug-likeness (QED) is 0.850. The highest BCUT2D eigenvalue weighted by atomic mass is 79.9. The van der Waals surface area contributed by atoms with Gasteiger partial charge in [0.15, 0.2) is 0 Å². The van der Waals surface area contributed by atoms with Crippen LogP contribution in [0.1, 0.15) is 36.0 Å². The normalized spacial score (nSPS) is 18.7. The Hall–Kier alpha value is -0.540. The third-order valence-corrected chi connectivity index (χ3v) is 5.45. The molecule has 1 amide bonds. The summed E-state index contributed by atoms with van der Waals surface area (Å²) in [5.74, 6) is 2.34. The summed E-state index contributed by atoms with van der Waals surface area (Å²) in [5.41, 5.74) is 0.557. The maximum Gasteiger partial charge on any atom is 0.252 e. The zero-order valence-electron chi connectivity index (χ0n) is 10.7. The highest BCUT2D eigenvalue weighted by Gasteiger charge is 2.41. The molecule has 2 aliphatic carbocycles. The van der Waals surface area contributed by atoms with Crippen molar-refractivity contribution < 1.29 is 4.79 Å². The van der Waals surface area contributed by atoms with Gasteiger partial charge in [-0.05, 0) is 71.5 Å². The van der Waals surface area contributed by atoms with E-state index in [9.17, 15) is 4.79 Å². The minimum absolute atomic E-state index is 0.0578. The van der Waals surface area contributed by atoms with Crippen LogP contribution in [0.25, 0.3) is 0 Å². The van der Waals surface area contributed by atoms with Gasteiger partial charge in [-0.15, -0.1) is 0 Å². The molecule has 0 radical (unpaired) electrons. The zero-order valence-corrected chi connectivity index (χ0v) is 13.0. The fourth-order valence-electron chi connectivity index (χ4n) is 2.75. The second-order valence-corrected chi connectivity index (χ2v) is 6.88. The van der Waals surface area contributed by atoms with Gasteiger partial charge in [-0.2, -0.15) is 0 Å². The third kappa shape index (κ3) is 3.14. The molecule has 0 unspecified atom stereocenters. The van der Waals surface area contributed by atoms with Gasteiger partial charge in [0, 0.05) is 11.0 Å². The number of amides is 1. The zero-order chi connectivity index (χ0) is 13.4. The lowest BCUT2D eigenvalue weighted by molar-refractivity contribution is 0.0943. The molecule has 4 heteroatoms. The van der Waals surface area contributed by atoms with Gasteiger partial charge in [-0.1, -0.05) is 17.7 Å². The minimum atomic E-state index is -0.0578. The summed E-state index contributed by atoms with van der Waals surface area (Å²) in [6.07, 6.45) is 5.37. The van der Waals surface area contributed by atoms with Crippen molar-refractivity contribution in [1.82, 2.24) is 5.32 Å². The average Bonchev–Trinajstić information content (AvgIpc) is 3.26. The Balaban J connectivity index is 1.62. The van der Waals surface area contributed by atoms with E-state index in [1.54, 1.807) is 6.07 Å². The van der Waals surface area contributed by atoms with Gasteiger partial charge >= 0.3 is 0 Å². The van der Waals surface area contributed by atoms with Crippen LogP contribution in [0.15, 0.2) is 22.7 Å². The van der Waals surface area contributed by atoms with Crippen molar-refractivity contribution in [2.45, 2.75) is 25.7 Å². The fraction of sp³-hybridized carbons (Fsp3) is 0.533. The van der Waals surface area contributed by atoms with E-state index in [1.165, 1.54) is 25.7 Å². The van der Waals surface area contributed by atoms with Crippen LogP contribution in [0, 0.1) is 17.8 Å². The summed E-state index contributed by atoms with van der Waals surface area (Å²) in [5, 5.41) is 3.56. The lowest BCUT2D eigenvalue weighted by Gasteiger charge is -2.16. The van der Waals surface area contributed by atoms with Gasteiger partial charge in [0.2, 0.25) is 0 Å². The Morgan fingerprint density at radius 1 is 1.32 bits per heavy atom. The fourth-order valence-corrected chi connectivity index (χ4v) is 3.33. The Labute approximate surface area is 127 Å². The van der Waals surface area contributed by atoms with Crippen LogP contribution in [0.4, 0.5) is 0 Å². The first kappa shape index (κ1) is 13.4. The molecule has 0 aromatic heterocycles. The van der Waals surface area contributed by atoms with Crippen LogP contribution in [-0.2, 0) is 0 Å². The molecule has 1 aromatic rings. The molecule has 0 spiro atoms. The topological polar surface area (TPSA) is 29.1 Å². The maximum atomic E-state index is 12.2. The summed E-state index contributed by atoms with van der Waals surface area (Å²) in [6.45, 7) is 0.803. The number of benzene rings is 1. The van der Waals surface area contributed by atoms with Crippen molar-refractivity contribution in [3.05, 3.63) is 33.3 Å². The molecule has 1 N–H and O–H groups in total. The monoisotopic (exact) mass is 341 g/mol. The van der Waals surface area contributed by atoms with Crippen molar-refractivity contribution in [3.63, 3.8) is 0 Å². The first-order valence-corrected chi connectivity index (χ1v) is 8.06. The predicted molar refractivity (Wildman–Crippen MR) is 80.4 cm³/mol. The van der Waals surface area contributed by atoms with Gasteiger partial charge < -0.3 is 5.32 Å². The maximum absolute atomic E-state index is 12.2. The average molecular weight is 343 g/mol. The molecule has 0 bridgehead atoms. The smallest absolute Gasteiger partial charge is 0.252 e. The number of carbonyl (C=O) groups excluding carboxylic acids is 1. The van der Waals surface area contributed by atoms with E-state index in [4.69, 9.17) is 11.6 Å². The van der Waals surface area contributed by atoms with E-state index in [1.807, 2.05) is 12.1 Å². The van der Waals surface area contributed by atoms with Crippen molar-refractivity contribution in [1.29, 1.82) is 0 Å². The lowest BCUT2D eigenvalue weighted by atomic mass is 9.98. The Bertz CT molecular complexity index is 485. The highest BCUT2D eigenvalue weighted by Crippen LogP contribution is 2.48. The lowest BCUT2D eigenvalue weighted by Crippen LogP contribution is -2.31. The van der Waals surface area contributed by atoms with Crippen molar-refractivity contribution >= 4 is 33.4 Å². The molecule has 0 saturated heterocycles. The third-order valence-electron chi connectivity index (χ3n) is 4.15. The molecule has 0 heterocycles. The standard InChI is InChI=1S/C15H17BrClNO/c16-13-3-1-2-11(14(13)17)15(19)18-8-12(9-4-5-9)10-6-7-10/h1-3,9-10,12H,4-8H2,(H,18,19). The van der Waals surface area contributed by atoms with Crippen LogP contribution in [0.5, 0.6) is 0 Å². The van der Waals surface area contributed by atoms with Crippen LogP contribution < -0.4 is 5.32 Å².